The predicted octanol–water partition coefficient (Wildman–Crippen LogP) is 3.74. The third kappa shape index (κ3) is 4.27. The monoisotopic (exact) mass is 468 g/mol. The van der Waals surface area contributed by atoms with Crippen LogP contribution in [0.2, 0.25) is 5.02 Å². The third-order valence-corrected chi connectivity index (χ3v) is 5.99. The molecule has 2 aromatic rings. The molecule has 2 atom stereocenters. The largest absolute Gasteiger partial charge is 0.454 e. The number of ether oxygens (including phenoxy) is 1. The van der Waals surface area contributed by atoms with E-state index < -0.39 is 29.0 Å². The Morgan fingerprint density at radius 1 is 1.00 bits per heavy atom. The maximum atomic E-state index is 12.7. The lowest BCUT2D eigenvalue weighted by Crippen LogP contribution is -2.30. The number of allylic oxidation sites excluding steroid dienone is 2. The summed E-state index contributed by atoms with van der Waals surface area (Å²) in [5.41, 5.74) is 0.0367. The molecule has 1 fully saturated rings. The third-order valence-electron chi connectivity index (χ3n) is 5.67. The van der Waals surface area contributed by atoms with Gasteiger partial charge in [0.05, 0.1) is 28.0 Å². The van der Waals surface area contributed by atoms with E-state index in [1.165, 1.54) is 36.4 Å². The van der Waals surface area contributed by atoms with E-state index in [2.05, 4.69) is 0 Å². The van der Waals surface area contributed by atoms with Crippen molar-refractivity contribution < 1.29 is 28.8 Å². The van der Waals surface area contributed by atoms with Gasteiger partial charge in [-0.25, -0.2) is 4.79 Å². The van der Waals surface area contributed by atoms with Crippen LogP contribution in [0.15, 0.2) is 54.6 Å². The highest BCUT2D eigenvalue weighted by molar-refractivity contribution is 6.32. The lowest BCUT2D eigenvalue weighted by Gasteiger charge is -2.15. The van der Waals surface area contributed by atoms with Gasteiger partial charge in [-0.3, -0.25) is 29.4 Å². The molecule has 1 aliphatic heterocycles. The average Bonchev–Trinajstić information content (AvgIpc) is 3.07. The molecule has 0 N–H and O–H groups in total. The van der Waals surface area contributed by atoms with E-state index in [1.54, 1.807) is 0 Å². The maximum Gasteiger partial charge on any atom is 0.338 e. The zero-order valence-corrected chi connectivity index (χ0v) is 17.9. The van der Waals surface area contributed by atoms with Crippen LogP contribution in [0.3, 0.4) is 0 Å². The van der Waals surface area contributed by atoms with Gasteiger partial charge in [-0.2, -0.15) is 0 Å². The molecule has 0 radical (unpaired) electrons. The van der Waals surface area contributed by atoms with Crippen LogP contribution >= 0.6 is 11.6 Å². The highest BCUT2D eigenvalue weighted by Gasteiger charge is 2.47. The minimum atomic E-state index is -0.796. The van der Waals surface area contributed by atoms with Crippen molar-refractivity contribution in [3.63, 3.8) is 0 Å². The first-order valence-electron chi connectivity index (χ1n) is 10.0. The molecule has 0 bridgehead atoms. The second-order valence-electron chi connectivity index (χ2n) is 7.64. The number of halogens is 1. The number of fused-ring (bicyclic) bond motifs is 1. The van der Waals surface area contributed by atoms with Crippen molar-refractivity contribution in [1.82, 2.24) is 0 Å². The first-order chi connectivity index (χ1) is 15.8. The van der Waals surface area contributed by atoms with Gasteiger partial charge in [-0.15, -0.1) is 0 Å². The summed E-state index contributed by atoms with van der Waals surface area (Å²) in [5.74, 6) is -2.66. The van der Waals surface area contributed by atoms with Crippen molar-refractivity contribution in [1.29, 1.82) is 0 Å². The van der Waals surface area contributed by atoms with Crippen LogP contribution in [0, 0.1) is 22.0 Å². The number of imide groups is 1. The molecular formula is C23H17ClN2O7. The number of ketones is 1. The van der Waals surface area contributed by atoms with Crippen molar-refractivity contribution in [3.8, 4) is 0 Å². The summed E-state index contributed by atoms with van der Waals surface area (Å²) >= 11 is 5.73. The molecule has 1 heterocycles. The van der Waals surface area contributed by atoms with Gasteiger partial charge >= 0.3 is 5.97 Å². The fourth-order valence-electron chi connectivity index (χ4n) is 3.93. The minimum absolute atomic E-state index is 0.0173. The van der Waals surface area contributed by atoms with E-state index in [-0.39, 0.29) is 39.8 Å². The number of nitro benzene ring substituents is 1. The molecule has 0 aromatic heterocycles. The van der Waals surface area contributed by atoms with Crippen molar-refractivity contribution in [2.24, 2.45) is 11.8 Å². The maximum absolute atomic E-state index is 12.7. The molecule has 2 amide bonds. The number of rotatable bonds is 6. The normalized spacial score (nSPS) is 19.4. The quantitative estimate of drug-likeness (QED) is 0.158. The molecule has 9 nitrogen and oxygen atoms in total. The van der Waals surface area contributed by atoms with Crippen LogP contribution in [0.5, 0.6) is 0 Å². The van der Waals surface area contributed by atoms with Gasteiger partial charge in [0.2, 0.25) is 17.6 Å². The first kappa shape index (κ1) is 22.3. The standard InChI is InChI=1S/C23H17ClN2O7/c24-18-10-7-14(11-19(18)26(31)32)20(27)12-33-23(30)13-5-8-15(9-6-13)25-21(28)16-3-1-2-4-17(16)22(25)29/h1-2,5-11,16-17H,3-4,12H2/t16-,17+. The minimum Gasteiger partial charge on any atom is -0.454 e. The molecule has 1 saturated heterocycles. The van der Waals surface area contributed by atoms with E-state index in [0.717, 1.165) is 11.0 Å². The van der Waals surface area contributed by atoms with Crippen LogP contribution in [-0.4, -0.2) is 35.1 Å². The van der Waals surface area contributed by atoms with Crippen LogP contribution in [-0.2, 0) is 14.3 Å². The van der Waals surface area contributed by atoms with E-state index in [1.807, 2.05) is 12.2 Å². The Balaban J connectivity index is 1.41. The van der Waals surface area contributed by atoms with Crippen LogP contribution < -0.4 is 4.90 Å². The second kappa shape index (κ2) is 8.95. The number of esters is 1. The molecule has 4 rings (SSSR count). The van der Waals surface area contributed by atoms with Gasteiger partial charge in [0.15, 0.2) is 6.61 Å². The molecule has 0 spiro atoms. The Bertz CT molecular complexity index is 1180. The summed E-state index contributed by atoms with van der Waals surface area (Å²) in [6, 6.07) is 9.29. The van der Waals surface area contributed by atoms with Gasteiger partial charge < -0.3 is 4.74 Å². The molecular weight excluding hydrogens is 452 g/mol. The van der Waals surface area contributed by atoms with Crippen molar-refractivity contribution in [2.45, 2.75) is 12.8 Å². The Morgan fingerprint density at radius 2 is 1.58 bits per heavy atom. The van der Waals surface area contributed by atoms with Gasteiger partial charge in [0.25, 0.3) is 5.69 Å². The number of amides is 2. The number of anilines is 1. The van der Waals surface area contributed by atoms with E-state index in [9.17, 15) is 29.3 Å². The van der Waals surface area contributed by atoms with Crippen molar-refractivity contribution >= 4 is 46.5 Å². The summed E-state index contributed by atoms with van der Waals surface area (Å²) in [6.45, 7) is -0.626. The number of nitro groups is 1. The summed E-state index contributed by atoms with van der Waals surface area (Å²) in [4.78, 5) is 61.3. The van der Waals surface area contributed by atoms with E-state index in [0.29, 0.717) is 18.5 Å². The zero-order chi connectivity index (χ0) is 23.7. The first-order valence-corrected chi connectivity index (χ1v) is 10.4. The van der Waals surface area contributed by atoms with Crippen LogP contribution in [0.4, 0.5) is 11.4 Å². The molecule has 33 heavy (non-hydrogen) atoms. The number of nitrogens with zero attached hydrogens (tertiary/aromatic N) is 2. The lowest BCUT2D eigenvalue weighted by molar-refractivity contribution is -0.384. The van der Waals surface area contributed by atoms with E-state index in [4.69, 9.17) is 16.3 Å². The van der Waals surface area contributed by atoms with E-state index >= 15 is 0 Å². The van der Waals surface area contributed by atoms with Crippen molar-refractivity contribution in [2.75, 3.05) is 11.5 Å². The summed E-state index contributed by atoms with van der Waals surface area (Å²) in [6.07, 6.45) is 4.86. The molecule has 10 heteroatoms. The molecule has 2 aromatic carbocycles. The molecule has 168 valence electrons. The second-order valence-corrected chi connectivity index (χ2v) is 8.04. The van der Waals surface area contributed by atoms with Crippen LogP contribution in [0.25, 0.3) is 0 Å². The highest BCUT2D eigenvalue weighted by Crippen LogP contribution is 2.37. The lowest BCUT2D eigenvalue weighted by atomic mass is 9.85. The number of Topliss-reactive ketones (excluding diaryl/α,β-unsaturated/α-hetero) is 1. The Hall–Kier alpha value is -3.85. The van der Waals surface area contributed by atoms with Gasteiger partial charge in [0, 0.05) is 11.6 Å². The molecule has 1 aliphatic carbocycles. The number of carbonyl (C=O) groups excluding carboxylic acids is 4. The van der Waals surface area contributed by atoms with Gasteiger partial charge in [-0.05, 0) is 49.2 Å². The smallest absolute Gasteiger partial charge is 0.338 e. The Kier molecular flexibility index (Phi) is 6.06. The zero-order valence-electron chi connectivity index (χ0n) is 17.1. The summed E-state index contributed by atoms with van der Waals surface area (Å²) < 4.78 is 5.01. The fraction of sp³-hybridized carbons (Fsp3) is 0.217. The number of benzene rings is 2. The SMILES string of the molecule is O=C(COC(=O)c1ccc(N2C(=O)[C@H]3CC=CC[C@H]3C2=O)cc1)c1ccc(Cl)c([N+](=O)[O-])c1. The fourth-order valence-corrected chi connectivity index (χ4v) is 4.11. The Morgan fingerprint density at radius 3 is 2.15 bits per heavy atom. The topological polar surface area (TPSA) is 124 Å². The molecule has 0 saturated carbocycles. The van der Waals surface area contributed by atoms with Crippen molar-refractivity contribution in [3.05, 3.63) is 80.9 Å². The average molecular weight is 469 g/mol. The highest BCUT2D eigenvalue weighted by atomic mass is 35.5. The van der Waals surface area contributed by atoms with Gasteiger partial charge in [0.1, 0.15) is 5.02 Å². The number of carbonyl (C=O) groups is 4. The summed E-state index contributed by atoms with van der Waals surface area (Å²) in [7, 11) is 0. The predicted molar refractivity (Wildman–Crippen MR) is 117 cm³/mol. The van der Waals surface area contributed by atoms with Gasteiger partial charge in [-0.1, -0.05) is 23.8 Å². The number of hydrogen-bond acceptors (Lipinski definition) is 7. The van der Waals surface area contributed by atoms with Crippen LogP contribution in [0.1, 0.15) is 33.6 Å². The summed E-state index contributed by atoms with van der Waals surface area (Å²) in [5, 5.41) is 10.8. The molecule has 2 aliphatic rings. The number of hydrogen-bond donors (Lipinski definition) is 0. The Labute approximate surface area is 192 Å². The molecule has 0 unspecified atom stereocenters.